The zero-order valence-electron chi connectivity index (χ0n) is 10.2. The van der Waals surface area contributed by atoms with Crippen molar-refractivity contribution in [3.05, 3.63) is 18.3 Å². The van der Waals surface area contributed by atoms with Crippen molar-refractivity contribution in [2.45, 2.75) is 24.3 Å². The summed E-state index contributed by atoms with van der Waals surface area (Å²) >= 11 is 0. The highest BCUT2D eigenvalue weighted by Gasteiger charge is 2.25. The lowest BCUT2D eigenvalue weighted by molar-refractivity contribution is 0.192. The van der Waals surface area contributed by atoms with Gasteiger partial charge in [0.05, 0.1) is 6.61 Å². The molecule has 0 aromatic carbocycles. The number of nitrogens with zero attached hydrogens (tertiary/aromatic N) is 1. The molecule has 1 atom stereocenters. The number of anilines is 1. The zero-order valence-corrected chi connectivity index (χ0v) is 11.0. The summed E-state index contributed by atoms with van der Waals surface area (Å²) in [7, 11) is -3.55. The average molecular weight is 271 g/mol. The Morgan fingerprint density at radius 1 is 1.56 bits per heavy atom. The number of hydrogen-bond acceptors (Lipinski definition) is 5. The molecule has 1 aliphatic rings. The van der Waals surface area contributed by atoms with Crippen LogP contribution >= 0.6 is 0 Å². The molecule has 18 heavy (non-hydrogen) atoms. The van der Waals surface area contributed by atoms with Crippen LogP contribution in [0.15, 0.2) is 23.2 Å². The number of ether oxygens (including phenoxy) is 1. The molecule has 1 unspecified atom stereocenters. The summed E-state index contributed by atoms with van der Waals surface area (Å²) in [5, 5.41) is 2.95. The Morgan fingerprint density at radius 3 is 3.06 bits per heavy atom. The number of nitrogens with one attached hydrogen (secondary N) is 2. The van der Waals surface area contributed by atoms with Gasteiger partial charge in [-0.25, -0.2) is 18.1 Å². The summed E-state index contributed by atoms with van der Waals surface area (Å²) in [6.45, 7) is 3.53. The fourth-order valence-electron chi connectivity index (χ4n) is 1.82. The van der Waals surface area contributed by atoms with Gasteiger partial charge in [0.2, 0.25) is 10.0 Å². The number of hydrogen-bond donors (Lipinski definition) is 2. The molecular formula is C11H17N3O3S. The van der Waals surface area contributed by atoms with Gasteiger partial charge in [0.25, 0.3) is 0 Å². The maximum atomic E-state index is 12.2. The maximum Gasteiger partial charge on any atom is 0.244 e. The first-order chi connectivity index (χ1) is 8.63. The third-order valence-corrected chi connectivity index (χ3v) is 4.21. The number of pyridine rings is 1. The molecule has 0 spiro atoms. The molecule has 100 valence electrons. The summed E-state index contributed by atoms with van der Waals surface area (Å²) in [6.07, 6.45) is 2.27. The molecule has 2 heterocycles. The Bertz CT molecular complexity index is 498. The Balaban J connectivity index is 2.22. The van der Waals surface area contributed by atoms with Gasteiger partial charge >= 0.3 is 0 Å². The minimum Gasteiger partial charge on any atom is -0.380 e. The van der Waals surface area contributed by atoms with Crippen LogP contribution in [-0.4, -0.2) is 39.2 Å². The Labute approximate surface area is 107 Å². The predicted molar refractivity (Wildman–Crippen MR) is 67.9 cm³/mol. The molecule has 0 saturated carbocycles. The van der Waals surface area contributed by atoms with Crippen molar-refractivity contribution >= 4 is 15.8 Å². The highest BCUT2D eigenvalue weighted by molar-refractivity contribution is 7.89. The van der Waals surface area contributed by atoms with Crippen molar-refractivity contribution in [1.29, 1.82) is 0 Å². The molecular weight excluding hydrogens is 254 g/mol. The van der Waals surface area contributed by atoms with Crippen molar-refractivity contribution < 1.29 is 13.2 Å². The van der Waals surface area contributed by atoms with Crippen LogP contribution in [0, 0.1) is 0 Å². The SMILES string of the molecule is CCNc1ncccc1S(=O)(=O)NC1CCOC1. The van der Waals surface area contributed by atoms with E-state index >= 15 is 0 Å². The molecule has 1 saturated heterocycles. The maximum absolute atomic E-state index is 12.2. The van der Waals surface area contributed by atoms with Gasteiger partial charge in [0, 0.05) is 25.4 Å². The lowest BCUT2D eigenvalue weighted by atomic mass is 10.3. The Kier molecular flexibility index (Phi) is 4.15. The van der Waals surface area contributed by atoms with E-state index in [1.807, 2.05) is 6.92 Å². The van der Waals surface area contributed by atoms with Gasteiger partial charge in [0.15, 0.2) is 0 Å². The Morgan fingerprint density at radius 2 is 2.39 bits per heavy atom. The van der Waals surface area contributed by atoms with Gasteiger partial charge in [-0.15, -0.1) is 0 Å². The first-order valence-corrected chi connectivity index (χ1v) is 7.41. The number of aromatic nitrogens is 1. The predicted octanol–water partition coefficient (Wildman–Crippen LogP) is 0.581. The lowest BCUT2D eigenvalue weighted by Crippen LogP contribution is -2.35. The van der Waals surface area contributed by atoms with Crippen LogP contribution in [0.5, 0.6) is 0 Å². The van der Waals surface area contributed by atoms with Crippen LogP contribution in [-0.2, 0) is 14.8 Å². The molecule has 0 bridgehead atoms. The lowest BCUT2D eigenvalue weighted by Gasteiger charge is -2.14. The summed E-state index contributed by atoms with van der Waals surface area (Å²) < 4.78 is 32.3. The van der Waals surface area contributed by atoms with E-state index in [0.717, 1.165) is 0 Å². The first-order valence-electron chi connectivity index (χ1n) is 5.92. The molecule has 0 aliphatic carbocycles. The second-order valence-electron chi connectivity index (χ2n) is 4.06. The summed E-state index contributed by atoms with van der Waals surface area (Å²) in [5.74, 6) is 0.381. The van der Waals surface area contributed by atoms with E-state index in [1.54, 1.807) is 18.3 Å². The minimum absolute atomic E-state index is 0.148. The second-order valence-corrected chi connectivity index (χ2v) is 5.74. The fourth-order valence-corrected chi connectivity index (χ4v) is 3.21. The van der Waals surface area contributed by atoms with Crippen molar-refractivity contribution in [2.75, 3.05) is 25.1 Å². The van der Waals surface area contributed by atoms with E-state index in [1.165, 1.54) is 0 Å². The number of sulfonamides is 1. The van der Waals surface area contributed by atoms with Gasteiger partial charge in [0.1, 0.15) is 10.7 Å². The summed E-state index contributed by atoms with van der Waals surface area (Å²) in [6, 6.07) is 3.01. The molecule has 6 nitrogen and oxygen atoms in total. The highest BCUT2D eigenvalue weighted by atomic mass is 32.2. The van der Waals surface area contributed by atoms with Crippen molar-refractivity contribution in [2.24, 2.45) is 0 Å². The van der Waals surface area contributed by atoms with Crippen LogP contribution in [0.1, 0.15) is 13.3 Å². The van der Waals surface area contributed by atoms with Crippen LogP contribution in [0.2, 0.25) is 0 Å². The van der Waals surface area contributed by atoms with Gasteiger partial charge in [-0.1, -0.05) is 0 Å². The van der Waals surface area contributed by atoms with E-state index in [0.29, 0.717) is 32.0 Å². The second kappa shape index (κ2) is 5.64. The third kappa shape index (κ3) is 2.98. The molecule has 2 rings (SSSR count). The molecule has 1 aliphatic heterocycles. The Hall–Kier alpha value is -1.18. The van der Waals surface area contributed by atoms with E-state index in [4.69, 9.17) is 4.74 Å². The molecule has 7 heteroatoms. The van der Waals surface area contributed by atoms with E-state index in [2.05, 4.69) is 15.0 Å². The minimum atomic E-state index is -3.55. The monoisotopic (exact) mass is 271 g/mol. The van der Waals surface area contributed by atoms with Crippen LogP contribution in [0.3, 0.4) is 0 Å². The molecule has 0 amide bonds. The van der Waals surface area contributed by atoms with Gasteiger partial charge in [-0.3, -0.25) is 0 Å². The molecule has 0 radical (unpaired) electrons. The van der Waals surface area contributed by atoms with Crippen LogP contribution in [0.4, 0.5) is 5.82 Å². The largest absolute Gasteiger partial charge is 0.380 e. The summed E-state index contributed by atoms with van der Waals surface area (Å²) in [4.78, 5) is 4.23. The highest BCUT2D eigenvalue weighted by Crippen LogP contribution is 2.19. The standard InChI is InChI=1S/C11H17N3O3S/c1-2-12-11-10(4-3-6-13-11)18(15,16)14-9-5-7-17-8-9/h3-4,6,9,14H,2,5,7-8H2,1H3,(H,12,13). The quantitative estimate of drug-likeness (QED) is 0.819. The van der Waals surface area contributed by atoms with Crippen molar-refractivity contribution in [3.63, 3.8) is 0 Å². The molecule has 1 fully saturated rings. The molecule has 2 N–H and O–H groups in total. The topological polar surface area (TPSA) is 80.3 Å². The third-order valence-electron chi connectivity index (χ3n) is 2.66. The zero-order chi connectivity index (χ0) is 13.0. The smallest absolute Gasteiger partial charge is 0.244 e. The molecule has 1 aromatic rings. The van der Waals surface area contributed by atoms with Gasteiger partial charge < -0.3 is 10.1 Å². The van der Waals surface area contributed by atoms with Crippen LogP contribution < -0.4 is 10.0 Å². The summed E-state index contributed by atoms with van der Waals surface area (Å²) in [5.41, 5.74) is 0. The van der Waals surface area contributed by atoms with Gasteiger partial charge in [-0.2, -0.15) is 0 Å². The van der Waals surface area contributed by atoms with E-state index < -0.39 is 10.0 Å². The number of rotatable bonds is 5. The van der Waals surface area contributed by atoms with Crippen LogP contribution in [0.25, 0.3) is 0 Å². The van der Waals surface area contributed by atoms with E-state index in [-0.39, 0.29) is 10.9 Å². The normalized spacial score (nSPS) is 19.9. The van der Waals surface area contributed by atoms with Crippen molar-refractivity contribution in [3.8, 4) is 0 Å². The fraction of sp³-hybridized carbons (Fsp3) is 0.545. The van der Waals surface area contributed by atoms with Crippen molar-refractivity contribution in [1.82, 2.24) is 9.71 Å². The van der Waals surface area contributed by atoms with Gasteiger partial charge in [-0.05, 0) is 25.5 Å². The average Bonchev–Trinajstić information content (AvgIpc) is 2.82. The molecule has 1 aromatic heterocycles. The van der Waals surface area contributed by atoms with E-state index in [9.17, 15) is 8.42 Å². The first kappa shape index (κ1) is 13.3.